The third-order valence-corrected chi connectivity index (χ3v) is 3.63. The van der Waals surface area contributed by atoms with Gasteiger partial charge in [-0.25, -0.2) is 13.2 Å². The van der Waals surface area contributed by atoms with E-state index in [1.807, 2.05) is 0 Å². The largest absolute Gasteiger partial charge is 0.467 e. The van der Waals surface area contributed by atoms with Crippen molar-refractivity contribution in [2.75, 3.05) is 13.3 Å². The predicted molar refractivity (Wildman–Crippen MR) is 77.1 cm³/mol. The molecule has 5 nitrogen and oxygen atoms in total. The van der Waals surface area contributed by atoms with Crippen LogP contribution >= 0.6 is 12.4 Å². The van der Waals surface area contributed by atoms with Gasteiger partial charge in [-0.1, -0.05) is 0 Å². The molecule has 0 aliphatic carbocycles. The maximum atomic E-state index is 13.5. The number of alkyl halides is 2. The number of carbonyl (C=O) groups is 1. The van der Waals surface area contributed by atoms with Gasteiger partial charge < -0.3 is 14.8 Å². The first-order valence-corrected chi connectivity index (χ1v) is 6.85. The van der Waals surface area contributed by atoms with E-state index in [1.54, 1.807) is 0 Å². The second kappa shape index (κ2) is 6.94. The molecule has 0 spiro atoms. The minimum atomic E-state index is -2.87. The third kappa shape index (κ3) is 4.07. The molecule has 1 amide bonds. The third-order valence-electron chi connectivity index (χ3n) is 3.63. The van der Waals surface area contributed by atoms with Gasteiger partial charge in [-0.05, 0) is 12.1 Å². The van der Waals surface area contributed by atoms with Crippen LogP contribution in [0.15, 0.2) is 12.1 Å². The van der Waals surface area contributed by atoms with E-state index < -0.39 is 36.7 Å². The summed E-state index contributed by atoms with van der Waals surface area (Å²) in [4.78, 5) is 11.9. The summed E-state index contributed by atoms with van der Waals surface area (Å²) < 4.78 is 50.1. The second-order valence-corrected chi connectivity index (χ2v) is 5.38. The van der Waals surface area contributed by atoms with Crippen molar-refractivity contribution in [3.05, 3.63) is 29.1 Å². The van der Waals surface area contributed by atoms with Crippen LogP contribution in [0, 0.1) is 5.82 Å². The number of halogens is 4. The topological polar surface area (TPSA) is 59.6 Å². The normalized spacial score (nSPS) is 21.8. The zero-order valence-corrected chi connectivity index (χ0v) is 12.9. The Morgan fingerprint density at radius 3 is 2.91 bits per heavy atom. The Labute approximate surface area is 136 Å². The summed E-state index contributed by atoms with van der Waals surface area (Å²) in [6.07, 6.45) is -0.537. The number of carbonyl (C=O) groups excluding carboxylic acids is 1. The fourth-order valence-electron chi connectivity index (χ4n) is 2.59. The lowest BCUT2D eigenvalue weighted by molar-refractivity contribution is -0.123. The van der Waals surface area contributed by atoms with E-state index >= 15 is 0 Å². The highest BCUT2D eigenvalue weighted by Gasteiger charge is 2.42. The number of amides is 1. The zero-order chi connectivity index (χ0) is 15.7. The molecule has 2 N–H and O–H groups in total. The van der Waals surface area contributed by atoms with E-state index in [4.69, 9.17) is 9.47 Å². The summed E-state index contributed by atoms with van der Waals surface area (Å²) in [5.74, 6) is -3.41. The minimum absolute atomic E-state index is 0. The lowest BCUT2D eigenvalue weighted by Crippen LogP contribution is -2.40. The number of ether oxygens (including phenoxy) is 2. The van der Waals surface area contributed by atoms with Gasteiger partial charge in [0.05, 0.1) is 19.2 Å². The number of fused-ring (bicyclic) bond motifs is 1. The number of benzene rings is 1. The summed E-state index contributed by atoms with van der Waals surface area (Å²) >= 11 is 0. The van der Waals surface area contributed by atoms with Gasteiger partial charge in [0.15, 0.2) is 6.79 Å². The summed E-state index contributed by atoms with van der Waals surface area (Å²) in [5.41, 5.74) is 1.01. The molecule has 1 fully saturated rings. The van der Waals surface area contributed by atoms with E-state index in [2.05, 4.69) is 10.6 Å². The van der Waals surface area contributed by atoms with Crippen molar-refractivity contribution in [3.8, 4) is 5.75 Å². The van der Waals surface area contributed by atoms with Crippen molar-refractivity contribution in [3.63, 3.8) is 0 Å². The maximum absolute atomic E-state index is 13.5. The number of hydrogen-bond acceptors (Lipinski definition) is 4. The highest BCUT2D eigenvalue weighted by Crippen LogP contribution is 2.29. The number of rotatable bonds is 3. The smallest absolute Gasteiger partial charge is 0.262 e. The van der Waals surface area contributed by atoms with Crippen LogP contribution in [-0.4, -0.2) is 31.2 Å². The molecule has 9 heteroatoms. The van der Waals surface area contributed by atoms with E-state index in [1.165, 1.54) is 12.1 Å². The van der Waals surface area contributed by atoms with Crippen molar-refractivity contribution in [1.29, 1.82) is 0 Å². The average molecular weight is 353 g/mol. The van der Waals surface area contributed by atoms with Gasteiger partial charge in [0.1, 0.15) is 11.6 Å². The lowest BCUT2D eigenvalue weighted by atomic mass is 10.1. The first-order chi connectivity index (χ1) is 10.4. The molecule has 1 atom stereocenters. The van der Waals surface area contributed by atoms with E-state index in [0.29, 0.717) is 16.9 Å². The van der Waals surface area contributed by atoms with Crippen molar-refractivity contribution in [1.82, 2.24) is 10.6 Å². The molecule has 0 bridgehead atoms. The molecule has 2 aliphatic rings. The Balaban J connectivity index is 0.00000192. The lowest BCUT2D eigenvalue weighted by Gasteiger charge is -2.21. The van der Waals surface area contributed by atoms with Gasteiger partial charge >= 0.3 is 0 Å². The minimum Gasteiger partial charge on any atom is -0.467 e. The van der Waals surface area contributed by atoms with Crippen LogP contribution in [0.5, 0.6) is 5.75 Å². The van der Waals surface area contributed by atoms with Crippen LogP contribution in [-0.2, 0) is 22.7 Å². The SMILES string of the molecule is Cl.O=C(NCc1cc(F)cc2c1OCOC2)C1CC(F)(F)CN1. The average Bonchev–Trinajstić information content (AvgIpc) is 2.84. The van der Waals surface area contributed by atoms with Crippen molar-refractivity contribution in [2.45, 2.75) is 31.5 Å². The quantitative estimate of drug-likeness (QED) is 0.870. The molecule has 0 radical (unpaired) electrons. The van der Waals surface area contributed by atoms with Crippen LogP contribution in [0.2, 0.25) is 0 Å². The highest BCUT2D eigenvalue weighted by atomic mass is 35.5. The van der Waals surface area contributed by atoms with Gasteiger partial charge in [0.2, 0.25) is 5.91 Å². The van der Waals surface area contributed by atoms with Crippen LogP contribution in [0.4, 0.5) is 13.2 Å². The maximum Gasteiger partial charge on any atom is 0.262 e. The Morgan fingerprint density at radius 1 is 1.43 bits per heavy atom. The molecule has 3 rings (SSSR count). The van der Waals surface area contributed by atoms with Gasteiger partial charge in [0, 0.05) is 24.1 Å². The molecular weight excluding hydrogens is 337 g/mol. The fourth-order valence-corrected chi connectivity index (χ4v) is 2.59. The number of nitrogens with one attached hydrogen (secondary N) is 2. The Bertz CT molecular complexity index is 601. The molecule has 2 heterocycles. The molecule has 0 saturated carbocycles. The van der Waals surface area contributed by atoms with Gasteiger partial charge in [-0.3, -0.25) is 10.1 Å². The molecule has 2 aliphatic heterocycles. The van der Waals surface area contributed by atoms with E-state index in [0.717, 1.165) is 0 Å². The first-order valence-electron chi connectivity index (χ1n) is 6.85. The molecule has 128 valence electrons. The summed E-state index contributed by atoms with van der Waals surface area (Å²) in [6.45, 7) is -0.232. The Kier molecular flexibility index (Phi) is 5.38. The van der Waals surface area contributed by atoms with E-state index in [-0.39, 0.29) is 32.4 Å². The standard InChI is InChI=1S/C14H15F3N2O3.ClH/c15-10-1-8(12-9(2-10)5-21-7-22-12)4-18-13(20)11-3-14(16,17)6-19-11;/h1-2,11,19H,3-7H2,(H,18,20);1H. The molecule has 1 aromatic carbocycles. The van der Waals surface area contributed by atoms with Crippen LogP contribution in [0.3, 0.4) is 0 Å². The van der Waals surface area contributed by atoms with Crippen LogP contribution in [0.25, 0.3) is 0 Å². The van der Waals surface area contributed by atoms with Crippen LogP contribution in [0.1, 0.15) is 17.5 Å². The van der Waals surface area contributed by atoms with Crippen LogP contribution < -0.4 is 15.4 Å². The zero-order valence-electron chi connectivity index (χ0n) is 12.0. The molecule has 1 unspecified atom stereocenters. The van der Waals surface area contributed by atoms with Gasteiger partial charge in [-0.2, -0.15) is 0 Å². The van der Waals surface area contributed by atoms with Gasteiger partial charge in [0.25, 0.3) is 5.92 Å². The Morgan fingerprint density at radius 2 is 2.22 bits per heavy atom. The van der Waals surface area contributed by atoms with Crippen molar-refractivity contribution < 1.29 is 27.4 Å². The van der Waals surface area contributed by atoms with Crippen molar-refractivity contribution in [2.24, 2.45) is 0 Å². The first kappa shape index (κ1) is 17.8. The monoisotopic (exact) mass is 352 g/mol. The van der Waals surface area contributed by atoms with Gasteiger partial charge in [-0.15, -0.1) is 12.4 Å². The van der Waals surface area contributed by atoms with E-state index in [9.17, 15) is 18.0 Å². The fraction of sp³-hybridized carbons (Fsp3) is 0.500. The molecule has 1 saturated heterocycles. The number of hydrogen-bond donors (Lipinski definition) is 2. The molecule has 23 heavy (non-hydrogen) atoms. The molecule has 1 aromatic rings. The highest BCUT2D eigenvalue weighted by molar-refractivity contribution is 5.85. The Hall–Kier alpha value is -1.51. The predicted octanol–water partition coefficient (Wildman–Crippen LogP) is 1.73. The summed E-state index contributed by atoms with van der Waals surface area (Å²) in [7, 11) is 0. The van der Waals surface area contributed by atoms with Crippen molar-refractivity contribution >= 4 is 18.3 Å². The second-order valence-electron chi connectivity index (χ2n) is 5.38. The molecule has 0 aromatic heterocycles. The summed E-state index contributed by atoms with van der Waals surface area (Å²) in [6, 6.07) is 1.61. The molecular formula is C14H16ClF3N2O3. The summed E-state index contributed by atoms with van der Waals surface area (Å²) in [5, 5.41) is 5.00.